The number of carbonyl (C=O) groups excluding carboxylic acids is 1. The Morgan fingerprint density at radius 3 is 2.73 bits per heavy atom. The quantitative estimate of drug-likeness (QED) is 0.469. The van der Waals surface area contributed by atoms with Crippen molar-refractivity contribution in [2.75, 3.05) is 13.1 Å². The topological polar surface area (TPSA) is 66.8 Å². The Bertz CT molecular complexity index is 1260. The highest BCUT2D eigenvalue weighted by atomic mass is 19.2. The summed E-state index contributed by atoms with van der Waals surface area (Å²) in [6.45, 7) is 2.17. The number of rotatable bonds is 6. The monoisotopic (exact) mass is 449 g/mol. The van der Waals surface area contributed by atoms with E-state index in [-0.39, 0.29) is 24.3 Å². The largest absolute Gasteiger partial charge is 0.343 e. The molecule has 5 rings (SSSR count). The molecule has 2 aromatic heterocycles. The summed E-state index contributed by atoms with van der Waals surface area (Å²) in [5.41, 5.74) is 3.49. The number of amides is 1. The molecule has 1 aliphatic heterocycles. The van der Waals surface area contributed by atoms with Crippen LogP contribution in [-0.4, -0.2) is 43.9 Å². The number of aromatic amines is 1. The van der Waals surface area contributed by atoms with E-state index in [1.165, 1.54) is 12.1 Å². The molecular formula is C25H25F2N5O. The summed E-state index contributed by atoms with van der Waals surface area (Å²) >= 11 is 0. The average Bonchev–Trinajstić information content (AvgIpc) is 3.51. The van der Waals surface area contributed by atoms with E-state index >= 15 is 0 Å². The number of carbonyl (C=O) groups is 1. The zero-order valence-corrected chi connectivity index (χ0v) is 18.2. The molecule has 6 nitrogen and oxygen atoms in total. The van der Waals surface area contributed by atoms with E-state index in [2.05, 4.69) is 33.5 Å². The number of H-pyrrole nitrogens is 1. The van der Waals surface area contributed by atoms with E-state index in [0.717, 1.165) is 47.5 Å². The van der Waals surface area contributed by atoms with Crippen LogP contribution >= 0.6 is 0 Å². The summed E-state index contributed by atoms with van der Waals surface area (Å²) in [6.07, 6.45) is 7.76. The molecule has 1 aliphatic rings. The minimum absolute atomic E-state index is 0.00609. The number of nitrogens with zero attached hydrogens (tertiary/aromatic N) is 4. The Hall–Kier alpha value is -3.55. The van der Waals surface area contributed by atoms with Gasteiger partial charge in [0.05, 0.1) is 17.9 Å². The number of benzene rings is 2. The zero-order chi connectivity index (χ0) is 22.8. The summed E-state index contributed by atoms with van der Waals surface area (Å²) in [7, 11) is 0. The number of aromatic nitrogens is 4. The molecule has 0 saturated carbocycles. The number of piperidine rings is 1. The summed E-state index contributed by atoms with van der Waals surface area (Å²) in [6, 6.07) is 10.4. The third kappa shape index (κ3) is 4.51. The van der Waals surface area contributed by atoms with Gasteiger partial charge in [-0.1, -0.05) is 18.2 Å². The molecule has 1 N–H and O–H groups in total. The van der Waals surface area contributed by atoms with Crippen LogP contribution in [0.2, 0.25) is 0 Å². The number of hydrogen-bond donors (Lipinski definition) is 1. The van der Waals surface area contributed by atoms with Crippen molar-refractivity contribution in [3.63, 3.8) is 0 Å². The smallest absolute Gasteiger partial charge is 0.222 e. The summed E-state index contributed by atoms with van der Waals surface area (Å²) in [4.78, 5) is 14.4. The lowest BCUT2D eigenvalue weighted by Crippen LogP contribution is -2.39. The molecule has 1 fully saturated rings. The van der Waals surface area contributed by atoms with E-state index in [1.807, 2.05) is 22.0 Å². The summed E-state index contributed by atoms with van der Waals surface area (Å²) in [5.74, 6) is -1.29. The highest BCUT2D eigenvalue weighted by Gasteiger charge is 2.24. The Labute approximate surface area is 190 Å². The maximum atomic E-state index is 13.8. The van der Waals surface area contributed by atoms with Crippen molar-refractivity contribution in [1.82, 2.24) is 24.9 Å². The molecule has 0 atom stereocenters. The molecule has 0 spiro atoms. The normalized spacial score (nSPS) is 14.8. The van der Waals surface area contributed by atoms with Gasteiger partial charge in [0.15, 0.2) is 11.6 Å². The lowest BCUT2D eigenvalue weighted by molar-refractivity contribution is -0.132. The molecule has 0 radical (unpaired) electrons. The lowest BCUT2D eigenvalue weighted by atomic mass is 9.96. The second kappa shape index (κ2) is 9.13. The first-order valence-electron chi connectivity index (χ1n) is 11.2. The van der Waals surface area contributed by atoms with Crippen molar-refractivity contribution in [3.8, 4) is 11.1 Å². The van der Waals surface area contributed by atoms with Crippen LogP contribution in [0, 0.1) is 17.6 Å². The predicted molar refractivity (Wildman–Crippen MR) is 121 cm³/mol. The first-order valence-corrected chi connectivity index (χ1v) is 11.2. The Balaban J connectivity index is 1.16. The number of hydrogen-bond acceptors (Lipinski definition) is 3. The summed E-state index contributed by atoms with van der Waals surface area (Å²) in [5, 5.41) is 12.5. The molecule has 0 bridgehead atoms. The number of halogens is 2. The van der Waals surface area contributed by atoms with Gasteiger partial charge in [-0.25, -0.2) is 8.78 Å². The minimum atomic E-state index is -0.871. The third-order valence-electron chi connectivity index (χ3n) is 6.51. The van der Waals surface area contributed by atoms with Crippen LogP contribution in [0.15, 0.2) is 55.0 Å². The fraction of sp³-hybridized carbons (Fsp3) is 0.320. The van der Waals surface area contributed by atoms with Gasteiger partial charge in [-0.05, 0) is 54.5 Å². The number of nitrogens with one attached hydrogen (secondary N) is 1. The number of aryl methyl sites for hydroxylation is 1. The van der Waals surface area contributed by atoms with Crippen LogP contribution in [-0.2, 0) is 17.8 Å². The maximum Gasteiger partial charge on any atom is 0.222 e. The van der Waals surface area contributed by atoms with Crippen molar-refractivity contribution in [3.05, 3.63) is 72.2 Å². The van der Waals surface area contributed by atoms with Gasteiger partial charge < -0.3 is 4.90 Å². The SMILES string of the molecule is O=C(CCc1cccc(F)c1F)N1CCC(Cn2ncc3cc(-c4cn[nH]c4)ccc32)CC1. The van der Waals surface area contributed by atoms with Gasteiger partial charge in [-0.15, -0.1) is 0 Å². The fourth-order valence-electron chi connectivity index (χ4n) is 4.57. The van der Waals surface area contributed by atoms with E-state index in [0.29, 0.717) is 19.0 Å². The van der Waals surface area contributed by atoms with Gasteiger partial charge in [-0.2, -0.15) is 10.2 Å². The first kappa shape index (κ1) is 21.3. The van der Waals surface area contributed by atoms with Crippen LogP contribution in [0.5, 0.6) is 0 Å². The Morgan fingerprint density at radius 2 is 1.94 bits per heavy atom. The van der Waals surface area contributed by atoms with Crippen molar-refractivity contribution in [1.29, 1.82) is 0 Å². The second-order valence-electron chi connectivity index (χ2n) is 8.62. The van der Waals surface area contributed by atoms with Crippen molar-refractivity contribution < 1.29 is 13.6 Å². The van der Waals surface area contributed by atoms with Gasteiger partial charge in [-0.3, -0.25) is 14.6 Å². The zero-order valence-electron chi connectivity index (χ0n) is 18.2. The van der Waals surface area contributed by atoms with E-state index < -0.39 is 11.6 Å². The highest BCUT2D eigenvalue weighted by Crippen LogP contribution is 2.26. The second-order valence-corrected chi connectivity index (χ2v) is 8.62. The highest BCUT2D eigenvalue weighted by molar-refractivity contribution is 5.84. The Morgan fingerprint density at radius 1 is 1.09 bits per heavy atom. The van der Waals surface area contributed by atoms with Gasteiger partial charge in [0.1, 0.15) is 0 Å². The first-order chi connectivity index (χ1) is 16.1. The molecule has 2 aromatic carbocycles. The number of likely N-dealkylation sites (tertiary alicyclic amines) is 1. The van der Waals surface area contributed by atoms with Gasteiger partial charge in [0.25, 0.3) is 0 Å². The molecule has 170 valence electrons. The molecule has 0 unspecified atom stereocenters. The third-order valence-corrected chi connectivity index (χ3v) is 6.51. The Kier molecular flexibility index (Phi) is 5.90. The van der Waals surface area contributed by atoms with E-state index in [1.54, 1.807) is 6.20 Å². The van der Waals surface area contributed by atoms with Crippen LogP contribution in [0.4, 0.5) is 8.78 Å². The molecule has 0 aliphatic carbocycles. The van der Waals surface area contributed by atoms with Gasteiger partial charge >= 0.3 is 0 Å². The van der Waals surface area contributed by atoms with E-state index in [9.17, 15) is 13.6 Å². The standard InChI is InChI=1S/C25H25F2N5O/c26-22-3-1-2-18(25(22)27)5-7-24(33)31-10-8-17(9-11-31)16-32-23-6-4-19(12-20(23)15-30-32)21-13-28-29-14-21/h1-4,6,12-15,17H,5,7-11,16H2,(H,28,29). The van der Waals surface area contributed by atoms with Crippen LogP contribution in [0.25, 0.3) is 22.0 Å². The molecule has 4 aromatic rings. The van der Waals surface area contributed by atoms with Crippen molar-refractivity contribution in [2.45, 2.75) is 32.2 Å². The molecule has 8 heteroatoms. The average molecular weight is 450 g/mol. The molecular weight excluding hydrogens is 424 g/mol. The van der Waals surface area contributed by atoms with Gasteiger partial charge in [0.2, 0.25) is 5.91 Å². The van der Waals surface area contributed by atoms with Gasteiger partial charge in [0, 0.05) is 43.2 Å². The van der Waals surface area contributed by atoms with E-state index in [4.69, 9.17) is 0 Å². The molecule has 33 heavy (non-hydrogen) atoms. The lowest BCUT2D eigenvalue weighted by Gasteiger charge is -2.32. The molecule has 1 amide bonds. The van der Waals surface area contributed by atoms with Crippen LogP contribution in [0.3, 0.4) is 0 Å². The maximum absolute atomic E-state index is 13.8. The molecule has 1 saturated heterocycles. The predicted octanol–water partition coefficient (Wildman–Crippen LogP) is 4.58. The van der Waals surface area contributed by atoms with Crippen molar-refractivity contribution in [2.24, 2.45) is 5.92 Å². The van der Waals surface area contributed by atoms with Crippen molar-refractivity contribution >= 4 is 16.8 Å². The minimum Gasteiger partial charge on any atom is -0.343 e. The molecule has 3 heterocycles. The summed E-state index contributed by atoms with van der Waals surface area (Å²) < 4.78 is 29.2. The fourth-order valence-corrected chi connectivity index (χ4v) is 4.57. The van der Waals surface area contributed by atoms with Crippen LogP contribution in [0.1, 0.15) is 24.8 Å². The number of fused-ring (bicyclic) bond motifs is 1. The van der Waals surface area contributed by atoms with Crippen LogP contribution < -0.4 is 0 Å².